The minimum atomic E-state index is -0.189. The van der Waals surface area contributed by atoms with E-state index in [1.165, 1.54) is 0 Å². The molecule has 154 valence electrons. The summed E-state index contributed by atoms with van der Waals surface area (Å²) in [7, 11) is 2.11. The van der Waals surface area contributed by atoms with Gasteiger partial charge in [-0.15, -0.1) is 0 Å². The van der Waals surface area contributed by atoms with Gasteiger partial charge in [-0.25, -0.2) is 9.97 Å². The number of nitrogens with one attached hydrogen (secondary N) is 1. The van der Waals surface area contributed by atoms with E-state index in [1.807, 2.05) is 43.3 Å². The van der Waals surface area contributed by atoms with Crippen molar-refractivity contribution in [2.24, 2.45) is 0 Å². The molecule has 0 atom stereocenters. The Bertz CT molecular complexity index is 1020. The van der Waals surface area contributed by atoms with Gasteiger partial charge in [0.2, 0.25) is 0 Å². The molecule has 1 aliphatic heterocycles. The van der Waals surface area contributed by atoms with Crippen molar-refractivity contribution in [2.75, 3.05) is 38.1 Å². The molecule has 1 aromatic carbocycles. The van der Waals surface area contributed by atoms with Gasteiger partial charge in [-0.3, -0.25) is 9.78 Å². The number of nitrogens with zero attached hydrogens (tertiary/aromatic N) is 5. The number of likely N-dealkylation sites (N-methyl/N-ethyl adjacent to an activating group) is 1. The van der Waals surface area contributed by atoms with Gasteiger partial charge >= 0.3 is 0 Å². The molecule has 2 aromatic heterocycles. The standard InChI is InChI=1S/C23H26N6O/c1-17-6-5-7-18(14-17)21-25-16-20(22(27-21)29-12-10-28(2)11-13-29)23(30)26-15-19-8-3-4-9-24-19/h3-9,14,16H,10-13,15H2,1-2H3,(H,26,30). The van der Waals surface area contributed by atoms with E-state index < -0.39 is 0 Å². The molecule has 3 aromatic rings. The minimum absolute atomic E-state index is 0.189. The molecular formula is C23H26N6O. The van der Waals surface area contributed by atoms with Crippen molar-refractivity contribution in [3.8, 4) is 11.4 Å². The molecule has 0 radical (unpaired) electrons. The molecule has 3 heterocycles. The number of aromatic nitrogens is 3. The number of amides is 1. The zero-order valence-electron chi connectivity index (χ0n) is 17.4. The van der Waals surface area contributed by atoms with Gasteiger partial charge in [-0.2, -0.15) is 0 Å². The number of hydrogen-bond acceptors (Lipinski definition) is 6. The van der Waals surface area contributed by atoms with E-state index in [1.54, 1.807) is 12.4 Å². The van der Waals surface area contributed by atoms with E-state index in [0.717, 1.165) is 43.0 Å². The van der Waals surface area contributed by atoms with Crippen LogP contribution in [0.1, 0.15) is 21.6 Å². The van der Waals surface area contributed by atoms with E-state index >= 15 is 0 Å². The summed E-state index contributed by atoms with van der Waals surface area (Å²) in [5.41, 5.74) is 3.40. The number of hydrogen-bond donors (Lipinski definition) is 1. The molecule has 0 spiro atoms. The summed E-state index contributed by atoms with van der Waals surface area (Å²) in [6.07, 6.45) is 3.36. The second kappa shape index (κ2) is 9.00. The molecule has 0 saturated carbocycles. The second-order valence-corrected chi connectivity index (χ2v) is 7.59. The van der Waals surface area contributed by atoms with Gasteiger partial charge in [-0.1, -0.05) is 29.8 Å². The molecule has 1 saturated heterocycles. The lowest BCUT2D eigenvalue weighted by molar-refractivity contribution is 0.0950. The van der Waals surface area contributed by atoms with Crippen molar-refractivity contribution < 1.29 is 4.79 Å². The predicted octanol–water partition coefficient (Wildman–Crippen LogP) is 2.53. The van der Waals surface area contributed by atoms with Crippen LogP contribution in [0.5, 0.6) is 0 Å². The van der Waals surface area contributed by atoms with Gasteiger partial charge in [0.05, 0.1) is 12.2 Å². The number of benzene rings is 1. The topological polar surface area (TPSA) is 74.2 Å². The zero-order chi connectivity index (χ0) is 20.9. The first-order chi connectivity index (χ1) is 14.6. The maximum atomic E-state index is 13.0. The Morgan fingerprint density at radius 2 is 1.90 bits per heavy atom. The van der Waals surface area contributed by atoms with Crippen molar-refractivity contribution >= 4 is 11.7 Å². The van der Waals surface area contributed by atoms with Crippen molar-refractivity contribution in [1.82, 2.24) is 25.2 Å². The highest BCUT2D eigenvalue weighted by Gasteiger charge is 2.23. The molecule has 7 heteroatoms. The van der Waals surface area contributed by atoms with Crippen LogP contribution in [0.2, 0.25) is 0 Å². The first-order valence-electron chi connectivity index (χ1n) is 10.2. The highest BCUT2D eigenvalue weighted by molar-refractivity contribution is 5.98. The van der Waals surface area contributed by atoms with Crippen molar-refractivity contribution in [3.05, 3.63) is 71.7 Å². The fourth-order valence-electron chi connectivity index (χ4n) is 3.48. The molecule has 7 nitrogen and oxygen atoms in total. The highest BCUT2D eigenvalue weighted by atomic mass is 16.1. The molecule has 1 amide bonds. The Hall–Kier alpha value is -3.32. The molecule has 0 unspecified atom stereocenters. The fraction of sp³-hybridized carbons (Fsp3) is 0.304. The Balaban J connectivity index is 1.63. The van der Waals surface area contributed by atoms with Crippen LogP contribution >= 0.6 is 0 Å². The zero-order valence-corrected chi connectivity index (χ0v) is 17.4. The molecule has 0 bridgehead atoms. The minimum Gasteiger partial charge on any atom is -0.353 e. The van der Waals surface area contributed by atoms with Crippen molar-refractivity contribution in [1.29, 1.82) is 0 Å². The van der Waals surface area contributed by atoms with Crippen LogP contribution in [0.4, 0.5) is 5.82 Å². The molecule has 30 heavy (non-hydrogen) atoms. The number of carbonyl (C=O) groups is 1. The first kappa shape index (κ1) is 20.0. The summed E-state index contributed by atoms with van der Waals surface area (Å²) in [5, 5.41) is 2.95. The number of pyridine rings is 1. The third-order valence-electron chi connectivity index (χ3n) is 5.25. The maximum absolute atomic E-state index is 13.0. The molecule has 1 N–H and O–H groups in total. The van der Waals surface area contributed by atoms with Gasteiger partial charge in [0, 0.05) is 44.1 Å². The average molecular weight is 403 g/mol. The summed E-state index contributed by atoms with van der Waals surface area (Å²) in [6, 6.07) is 13.7. The Labute approximate surface area is 176 Å². The number of rotatable bonds is 5. The van der Waals surface area contributed by atoms with E-state index in [0.29, 0.717) is 23.8 Å². The SMILES string of the molecule is Cc1cccc(-c2ncc(C(=O)NCc3ccccn3)c(N3CCN(C)CC3)n2)c1. The molecule has 0 aliphatic carbocycles. The Morgan fingerprint density at radius 3 is 2.63 bits per heavy atom. The van der Waals surface area contributed by atoms with E-state index in [4.69, 9.17) is 4.98 Å². The van der Waals surface area contributed by atoms with Crippen LogP contribution < -0.4 is 10.2 Å². The maximum Gasteiger partial charge on any atom is 0.256 e. The quantitative estimate of drug-likeness (QED) is 0.707. The summed E-state index contributed by atoms with van der Waals surface area (Å²) in [4.78, 5) is 31.1. The van der Waals surface area contributed by atoms with Gasteiger partial charge in [-0.05, 0) is 32.2 Å². The lowest BCUT2D eigenvalue weighted by Crippen LogP contribution is -2.45. The number of aryl methyl sites for hydroxylation is 1. The van der Waals surface area contributed by atoms with Gasteiger partial charge in [0.25, 0.3) is 5.91 Å². The Kier molecular flexibility index (Phi) is 5.99. The van der Waals surface area contributed by atoms with E-state index in [-0.39, 0.29) is 5.91 Å². The lowest BCUT2D eigenvalue weighted by atomic mass is 10.1. The molecule has 1 aliphatic rings. The van der Waals surface area contributed by atoms with Gasteiger partial charge < -0.3 is 15.1 Å². The molecular weight excluding hydrogens is 376 g/mol. The summed E-state index contributed by atoms with van der Waals surface area (Å²) in [6.45, 7) is 5.91. The number of piperazine rings is 1. The van der Waals surface area contributed by atoms with Gasteiger partial charge in [0.15, 0.2) is 5.82 Å². The largest absolute Gasteiger partial charge is 0.353 e. The fourth-order valence-corrected chi connectivity index (χ4v) is 3.48. The van der Waals surface area contributed by atoms with E-state index in [9.17, 15) is 4.79 Å². The first-order valence-corrected chi connectivity index (χ1v) is 10.2. The van der Waals surface area contributed by atoms with Crippen molar-refractivity contribution in [3.63, 3.8) is 0 Å². The van der Waals surface area contributed by atoms with E-state index in [2.05, 4.69) is 38.2 Å². The van der Waals surface area contributed by atoms with Crippen LogP contribution in [-0.4, -0.2) is 59.0 Å². The smallest absolute Gasteiger partial charge is 0.256 e. The van der Waals surface area contributed by atoms with Crippen LogP contribution in [0, 0.1) is 6.92 Å². The third-order valence-corrected chi connectivity index (χ3v) is 5.25. The number of anilines is 1. The average Bonchev–Trinajstić information content (AvgIpc) is 2.78. The predicted molar refractivity (Wildman–Crippen MR) is 117 cm³/mol. The summed E-state index contributed by atoms with van der Waals surface area (Å²) < 4.78 is 0. The van der Waals surface area contributed by atoms with Crippen LogP contribution in [0.3, 0.4) is 0 Å². The summed E-state index contributed by atoms with van der Waals surface area (Å²) >= 11 is 0. The highest BCUT2D eigenvalue weighted by Crippen LogP contribution is 2.24. The van der Waals surface area contributed by atoms with Crippen molar-refractivity contribution in [2.45, 2.75) is 13.5 Å². The third kappa shape index (κ3) is 4.63. The van der Waals surface area contributed by atoms with Crippen LogP contribution in [-0.2, 0) is 6.54 Å². The lowest BCUT2D eigenvalue weighted by Gasteiger charge is -2.34. The van der Waals surface area contributed by atoms with Gasteiger partial charge in [0.1, 0.15) is 11.4 Å². The van der Waals surface area contributed by atoms with Crippen LogP contribution in [0.25, 0.3) is 11.4 Å². The molecule has 4 rings (SSSR count). The Morgan fingerprint density at radius 1 is 1.07 bits per heavy atom. The monoisotopic (exact) mass is 402 g/mol. The normalized spacial score (nSPS) is 14.5. The second-order valence-electron chi connectivity index (χ2n) is 7.59. The van der Waals surface area contributed by atoms with Crippen LogP contribution in [0.15, 0.2) is 54.9 Å². The number of carbonyl (C=O) groups excluding carboxylic acids is 1. The molecule has 1 fully saturated rings. The summed E-state index contributed by atoms with van der Waals surface area (Å²) in [5.74, 6) is 1.13.